The largest absolute Gasteiger partial charge is 0.383 e. The molecule has 2 rings (SSSR count). The molecule has 0 radical (unpaired) electrons. The van der Waals surface area contributed by atoms with E-state index in [2.05, 4.69) is 16.7 Å². The number of para-hydroxylation sites is 1. The van der Waals surface area contributed by atoms with Crippen LogP contribution in [-0.4, -0.2) is 12.5 Å². The second kappa shape index (κ2) is 7.70. The number of rotatable bonds is 6. The zero-order chi connectivity index (χ0) is 15.1. The van der Waals surface area contributed by atoms with Gasteiger partial charge in [0.2, 0.25) is 5.91 Å². The summed E-state index contributed by atoms with van der Waals surface area (Å²) in [4.78, 5) is 11.8. The summed E-state index contributed by atoms with van der Waals surface area (Å²) in [5.74, 6) is 0.0241. The minimum absolute atomic E-state index is 0.0241. The van der Waals surface area contributed by atoms with Crippen LogP contribution in [0.1, 0.15) is 17.5 Å². The number of carbonyl (C=O) groups excluding carboxylic acids is 1. The number of halogens is 1. The van der Waals surface area contributed by atoms with Crippen molar-refractivity contribution in [2.45, 2.75) is 19.9 Å². The van der Waals surface area contributed by atoms with E-state index in [0.29, 0.717) is 24.5 Å². The Labute approximate surface area is 130 Å². The molecule has 0 aliphatic rings. The maximum atomic E-state index is 11.8. The van der Waals surface area contributed by atoms with Crippen LogP contribution in [0, 0.1) is 6.92 Å². The molecule has 2 N–H and O–H groups in total. The van der Waals surface area contributed by atoms with Gasteiger partial charge in [-0.3, -0.25) is 4.79 Å². The van der Waals surface area contributed by atoms with Crippen LogP contribution < -0.4 is 10.6 Å². The van der Waals surface area contributed by atoms with Crippen LogP contribution in [0.2, 0.25) is 5.02 Å². The van der Waals surface area contributed by atoms with Crippen molar-refractivity contribution in [2.24, 2.45) is 0 Å². The van der Waals surface area contributed by atoms with Gasteiger partial charge in [-0.15, -0.1) is 0 Å². The molecule has 0 heterocycles. The normalized spacial score (nSPS) is 10.2. The summed E-state index contributed by atoms with van der Waals surface area (Å²) in [6.45, 7) is 3.16. The first-order chi connectivity index (χ1) is 10.1. The van der Waals surface area contributed by atoms with Gasteiger partial charge in [-0.1, -0.05) is 53.6 Å². The molecule has 0 bridgehead atoms. The second-order valence-electron chi connectivity index (χ2n) is 4.92. The van der Waals surface area contributed by atoms with Crippen molar-refractivity contribution in [2.75, 3.05) is 11.9 Å². The molecule has 2 aromatic carbocycles. The summed E-state index contributed by atoms with van der Waals surface area (Å²) >= 11 is 6.03. The van der Waals surface area contributed by atoms with Gasteiger partial charge in [0.05, 0.1) is 10.7 Å². The van der Waals surface area contributed by atoms with Crippen molar-refractivity contribution in [1.29, 1.82) is 0 Å². The Morgan fingerprint density at radius 3 is 2.71 bits per heavy atom. The topological polar surface area (TPSA) is 41.1 Å². The van der Waals surface area contributed by atoms with E-state index in [9.17, 15) is 4.79 Å². The molecule has 1 amide bonds. The van der Waals surface area contributed by atoms with Crippen molar-refractivity contribution >= 4 is 23.2 Å². The van der Waals surface area contributed by atoms with Crippen molar-refractivity contribution in [1.82, 2.24) is 5.32 Å². The predicted octanol–water partition coefficient (Wildman–Crippen LogP) is 3.77. The molecule has 0 unspecified atom stereocenters. The lowest BCUT2D eigenvalue weighted by atomic mass is 10.1. The minimum atomic E-state index is 0.0241. The van der Waals surface area contributed by atoms with E-state index in [4.69, 9.17) is 11.6 Å². The number of carbonyl (C=O) groups is 1. The highest BCUT2D eigenvalue weighted by Gasteiger charge is 2.03. The van der Waals surface area contributed by atoms with Gasteiger partial charge in [0, 0.05) is 19.5 Å². The Morgan fingerprint density at radius 2 is 1.95 bits per heavy atom. The highest BCUT2D eigenvalue weighted by molar-refractivity contribution is 6.33. The minimum Gasteiger partial charge on any atom is -0.383 e. The number of aryl methyl sites for hydroxylation is 1. The van der Waals surface area contributed by atoms with E-state index in [0.717, 1.165) is 11.3 Å². The summed E-state index contributed by atoms with van der Waals surface area (Å²) in [6, 6.07) is 15.6. The van der Waals surface area contributed by atoms with Gasteiger partial charge in [0.25, 0.3) is 0 Å². The van der Waals surface area contributed by atoms with Crippen LogP contribution in [0.25, 0.3) is 0 Å². The SMILES string of the molecule is Cc1cccc(CNC(=O)CCNc2ccccc2Cl)c1. The summed E-state index contributed by atoms with van der Waals surface area (Å²) in [7, 11) is 0. The zero-order valence-electron chi connectivity index (χ0n) is 12.0. The molecule has 0 aliphatic carbocycles. The third kappa shape index (κ3) is 5.12. The lowest BCUT2D eigenvalue weighted by Gasteiger charge is -2.09. The molecule has 0 aliphatic heterocycles. The maximum absolute atomic E-state index is 11.8. The number of benzene rings is 2. The third-order valence-corrected chi connectivity index (χ3v) is 3.44. The third-order valence-electron chi connectivity index (χ3n) is 3.11. The molecule has 2 aromatic rings. The van der Waals surface area contributed by atoms with Crippen LogP contribution in [0.15, 0.2) is 48.5 Å². The molecule has 21 heavy (non-hydrogen) atoms. The van der Waals surface area contributed by atoms with E-state index in [1.165, 1.54) is 5.56 Å². The van der Waals surface area contributed by atoms with Crippen molar-refractivity contribution in [3.05, 3.63) is 64.7 Å². The van der Waals surface area contributed by atoms with Gasteiger partial charge in [-0.2, -0.15) is 0 Å². The molecule has 0 aromatic heterocycles. The average Bonchev–Trinajstić information content (AvgIpc) is 2.47. The van der Waals surface area contributed by atoms with E-state index < -0.39 is 0 Å². The number of nitrogens with one attached hydrogen (secondary N) is 2. The molecule has 0 saturated heterocycles. The van der Waals surface area contributed by atoms with Crippen molar-refractivity contribution < 1.29 is 4.79 Å². The number of hydrogen-bond acceptors (Lipinski definition) is 2. The first-order valence-corrected chi connectivity index (χ1v) is 7.33. The molecular formula is C17H19ClN2O. The summed E-state index contributed by atoms with van der Waals surface area (Å²) in [5.41, 5.74) is 3.16. The van der Waals surface area contributed by atoms with E-state index >= 15 is 0 Å². The van der Waals surface area contributed by atoms with Gasteiger partial charge >= 0.3 is 0 Å². The molecule has 0 atom stereocenters. The summed E-state index contributed by atoms with van der Waals surface area (Å²) in [6.07, 6.45) is 0.414. The first-order valence-electron chi connectivity index (χ1n) is 6.96. The molecule has 0 spiro atoms. The number of anilines is 1. The van der Waals surface area contributed by atoms with E-state index in [1.54, 1.807) is 0 Å². The quantitative estimate of drug-likeness (QED) is 0.853. The van der Waals surface area contributed by atoms with Crippen molar-refractivity contribution in [3.8, 4) is 0 Å². The Morgan fingerprint density at radius 1 is 1.14 bits per heavy atom. The Bertz CT molecular complexity index is 613. The fourth-order valence-electron chi connectivity index (χ4n) is 2.03. The molecule has 0 saturated carbocycles. The first kappa shape index (κ1) is 15.4. The van der Waals surface area contributed by atoms with Gasteiger partial charge in [-0.25, -0.2) is 0 Å². The highest BCUT2D eigenvalue weighted by atomic mass is 35.5. The monoisotopic (exact) mass is 302 g/mol. The standard InChI is InChI=1S/C17H19ClN2O/c1-13-5-4-6-14(11-13)12-20-17(21)9-10-19-16-8-3-2-7-15(16)18/h2-8,11,19H,9-10,12H2,1H3,(H,20,21). The molecule has 3 nitrogen and oxygen atoms in total. The average molecular weight is 303 g/mol. The number of amides is 1. The van der Waals surface area contributed by atoms with Crippen LogP contribution in [-0.2, 0) is 11.3 Å². The van der Waals surface area contributed by atoms with Crippen LogP contribution >= 0.6 is 11.6 Å². The lowest BCUT2D eigenvalue weighted by Crippen LogP contribution is -2.24. The van der Waals surface area contributed by atoms with Gasteiger partial charge < -0.3 is 10.6 Å². The summed E-state index contributed by atoms with van der Waals surface area (Å²) < 4.78 is 0. The molecule has 0 fully saturated rings. The Balaban J connectivity index is 1.72. The van der Waals surface area contributed by atoms with Crippen molar-refractivity contribution in [3.63, 3.8) is 0 Å². The summed E-state index contributed by atoms with van der Waals surface area (Å²) in [5, 5.41) is 6.74. The Hall–Kier alpha value is -2.00. The fraction of sp³-hybridized carbons (Fsp3) is 0.235. The highest BCUT2D eigenvalue weighted by Crippen LogP contribution is 2.20. The number of hydrogen-bond donors (Lipinski definition) is 2. The second-order valence-corrected chi connectivity index (χ2v) is 5.33. The van der Waals surface area contributed by atoms with Crippen LogP contribution in [0.5, 0.6) is 0 Å². The molecular weight excluding hydrogens is 284 g/mol. The van der Waals surface area contributed by atoms with Crippen LogP contribution in [0.3, 0.4) is 0 Å². The van der Waals surface area contributed by atoms with Crippen LogP contribution in [0.4, 0.5) is 5.69 Å². The predicted molar refractivity (Wildman–Crippen MR) is 87.6 cm³/mol. The lowest BCUT2D eigenvalue weighted by molar-refractivity contribution is -0.121. The van der Waals surface area contributed by atoms with Gasteiger partial charge in [0.15, 0.2) is 0 Å². The fourth-order valence-corrected chi connectivity index (χ4v) is 2.23. The van der Waals surface area contributed by atoms with E-state index in [-0.39, 0.29) is 5.91 Å². The smallest absolute Gasteiger partial charge is 0.222 e. The molecule has 110 valence electrons. The maximum Gasteiger partial charge on any atom is 0.222 e. The zero-order valence-corrected chi connectivity index (χ0v) is 12.8. The van der Waals surface area contributed by atoms with Gasteiger partial charge in [0.1, 0.15) is 0 Å². The molecule has 4 heteroatoms. The Kier molecular flexibility index (Phi) is 5.64. The van der Waals surface area contributed by atoms with E-state index in [1.807, 2.05) is 49.4 Å². The van der Waals surface area contributed by atoms with Gasteiger partial charge in [-0.05, 0) is 24.6 Å².